The summed E-state index contributed by atoms with van der Waals surface area (Å²) in [5.41, 5.74) is 9.24. The maximum absolute atomic E-state index is 5.76. The Hall–Kier alpha value is -1.64. The van der Waals surface area contributed by atoms with Crippen molar-refractivity contribution in [2.24, 2.45) is 5.84 Å². The first-order valence-electron chi connectivity index (χ1n) is 6.22. The standard InChI is InChI=1S/C16H20N2/c1-11-9-12(2)15(13(3)10-11)16(18-17)14-7-5-4-6-8-14/h4-10,16,18H,17H2,1-3H3. The van der Waals surface area contributed by atoms with Gasteiger partial charge in [0.1, 0.15) is 0 Å². The zero-order valence-electron chi connectivity index (χ0n) is 11.2. The van der Waals surface area contributed by atoms with Crippen molar-refractivity contribution in [3.05, 3.63) is 70.3 Å². The molecule has 0 saturated carbocycles. The van der Waals surface area contributed by atoms with E-state index in [0.29, 0.717) is 0 Å². The molecule has 0 amide bonds. The quantitative estimate of drug-likeness (QED) is 0.639. The Labute approximate surface area is 109 Å². The van der Waals surface area contributed by atoms with Crippen LogP contribution in [0, 0.1) is 20.8 Å². The number of benzene rings is 2. The summed E-state index contributed by atoms with van der Waals surface area (Å²) < 4.78 is 0. The van der Waals surface area contributed by atoms with E-state index in [1.807, 2.05) is 18.2 Å². The molecular weight excluding hydrogens is 220 g/mol. The first-order chi connectivity index (χ1) is 8.63. The van der Waals surface area contributed by atoms with E-state index in [0.717, 1.165) is 0 Å². The first kappa shape index (κ1) is 12.8. The second kappa shape index (κ2) is 5.34. The van der Waals surface area contributed by atoms with E-state index in [4.69, 9.17) is 5.84 Å². The molecule has 0 aromatic heterocycles. The lowest BCUT2D eigenvalue weighted by Gasteiger charge is -2.22. The molecule has 0 spiro atoms. The van der Waals surface area contributed by atoms with Crippen molar-refractivity contribution in [3.8, 4) is 0 Å². The number of aryl methyl sites for hydroxylation is 3. The van der Waals surface area contributed by atoms with Gasteiger partial charge in [-0.1, -0.05) is 48.0 Å². The largest absolute Gasteiger partial charge is 0.271 e. The maximum Gasteiger partial charge on any atom is 0.0715 e. The molecule has 2 nitrogen and oxygen atoms in total. The van der Waals surface area contributed by atoms with E-state index < -0.39 is 0 Å². The van der Waals surface area contributed by atoms with Gasteiger partial charge in [0, 0.05) is 0 Å². The molecule has 1 unspecified atom stereocenters. The van der Waals surface area contributed by atoms with Gasteiger partial charge in [-0.05, 0) is 43.0 Å². The number of nitrogens with two attached hydrogens (primary N) is 1. The van der Waals surface area contributed by atoms with Crippen LogP contribution >= 0.6 is 0 Å². The number of hydrogen-bond donors (Lipinski definition) is 2. The normalized spacial score (nSPS) is 12.4. The van der Waals surface area contributed by atoms with Crippen molar-refractivity contribution >= 4 is 0 Å². The highest BCUT2D eigenvalue weighted by Crippen LogP contribution is 2.28. The van der Waals surface area contributed by atoms with Crippen LogP contribution in [0.15, 0.2) is 42.5 Å². The van der Waals surface area contributed by atoms with E-state index in [1.165, 1.54) is 27.8 Å². The van der Waals surface area contributed by atoms with Crippen molar-refractivity contribution in [1.82, 2.24) is 5.43 Å². The van der Waals surface area contributed by atoms with Gasteiger partial charge in [0.2, 0.25) is 0 Å². The summed E-state index contributed by atoms with van der Waals surface area (Å²) in [5, 5.41) is 0. The van der Waals surface area contributed by atoms with Crippen molar-refractivity contribution in [2.75, 3.05) is 0 Å². The van der Waals surface area contributed by atoms with Gasteiger partial charge in [0.25, 0.3) is 0 Å². The minimum Gasteiger partial charge on any atom is -0.271 e. The maximum atomic E-state index is 5.76. The molecule has 2 aromatic rings. The molecule has 0 heterocycles. The van der Waals surface area contributed by atoms with Crippen LogP contribution in [0.25, 0.3) is 0 Å². The van der Waals surface area contributed by atoms with Gasteiger partial charge < -0.3 is 0 Å². The number of rotatable bonds is 3. The topological polar surface area (TPSA) is 38.0 Å². The Kier molecular flexibility index (Phi) is 3.80. The average Bonchev–Trinajstić information content (AvgIpc) is 2.34. The van der Waals surface area contributed by atoms with Gasteiger partial charge in [-0.3, -0.25) is 5.84 Å². The second-order valence-electron chi connectivity index (χ2n) is 4.82. The van der Waals surface area contributed by atoms with Gasteiger partial charge in [-0.2, -0.15) is 0 Å². The van der Waals surface area contributed by atoms with Crippen molar-refractivity contribution in [2.45, 2.75) is 26.8 Å². The molecule has 0 radical (unpaired) electrons. The zero-order valence-corrected chi connectivity index (χ0v) is 11.2. The van der Waals surface area contributed by atoms with Crippen LogP contribution in [0.5, 0.6) is 0 Å². The molecule has 0 aliphatic heterocycles. The van der Waals surface area contributed by atoms with Crippen molar-refractivity contribution < 1.29 is 0 Å². The smallest absolute Gasteiger partial charge is 0.0715 e. The molecule has 1 atom stereocenters. The third-order valence-corrected chi connectivity index (χ3v) is 3.33. The van der Waals surface area contributed by atoms with Gasteiger partial charge in [0.05, 0.1) is 6.04 Å². The third-order valence-electron chi connectivity index (χ3n) is 3.33. The minimum atomic E-state index is 0.0480. The van der Waals surface area contributed by atoms with Crippen LogP contribution in [0.2, 0.25) is 0 Å². The molecule has 0 aliphatic rings. The lowest BCUT2D eigenvalue weighted by molar-refractivity contribution is 0.630. The van der Waals surface area contributed by atoms with E-state index in [9.17, 15) is 0 Å². The highest BCUT2D eigenvalue weighted by molar-refractivity contribution is 5.44. The third kappa shape index (κ3) is 2.45. The summed E-state index contributed by atoms with van der Waals surface area (Å²) in [6.07, 6.45) is 0. The zero-order chi connectivity index (χ0) is 13.1. The lowest BCUT2D eigenvalue weighted by Crippen LogP contribution is -2.30. The summed E-state index contributed by atoms with van der Waals surface area (Å²) in [5.74, 6) is 5.76. The summed E-state index contributed by atoms with van der Waals surface area (Å²) in [6.45, 7) is 6.41. The fourth-order valence-corrected chi connectivity index (χ4v) is 2.64. The van der Waals surface area contributed by atoms with E-state index >= 15 is 0 Å². The summed E-state index contributed by atoms with van der Waals surface area (Å²) in [6, 6.07) is 14.8. The van der Waals surface area contributed by atoms with Crippen LogP contribution in [0.1, 0.15) is 33.9 Å². The van der Waals surface area contributed by atoms with Gasteiger partial charge >= 0.3 is 0 Å². The van der Waals surface area contributed by atoms with Crippen LogP contribution in [-0.4, -0.2) is 0 Å². The molecule has 0 saturated heterocycles. The molecule has 0 fully saturated rings. The van der Waals surface area contributed by atoms with Crippen LogP contribution < -0.4 is 11.3 Å². The van der Waals surface area contributed by atoms with Gasteiger partial charge in [-0.15, -0.1) is 0 Å². The van der Waals surface area contributed by atoms with E-state index in [2.05, 4.69) is 50.5 Å². The Morgan fingerprint density at radius 2 is 1.50 bits per heavy atom. The summed E-state index contributed by atoms with van der Waals surface area (Å²) in [4.78, 5) is 0. The fraction of sp³-hybridized carbons (Fsp3) is 0.250. The lowest BCUT2D eigenvalue weighted by atomic mass is 9.90. The Bertz CT molecular complexity index is 509. The van der Waals surface area contributed by atoms with Gasteiger partial charge in [-0.25, -0.2) is 5.43 Å². The van der Waals surface area contributed by atoms with E-state index in [-0.39, 0.29) is 6.04 Å². The Morgan fingerprint density at radius 1 is 0.944 bits per heavy atom. The van der Waals surface area contributed by atoms with Crippen molar-refractivity contribution in [1.29, 1.82) is 0 Å². The Balaban J connectivity index is 2.52. The monoisotopic (exact) mass is 240 g/mol. The van der Waals surface area contributed by atoms with Crippen LogP contribution in [0.3, 0.4) is 0 Å². The number of nitrogens with one attached hydrogen (secondary N) is 1. The van der Waals surface area contributed by atoms with Gasteiger partial charge in [0.15, 0.2) is 0 Å². The fourth-order valence-electron chi connectivity index (χ4n) is 2.64. The summed E-state index contributed by atoms with van der Waals surface area (Å²) in [7, 11) is 0. The average molecular weight is 240 g/mol. The summed E-state index contributed by atoms with van der Waals surface area (Å²) >= 11 is 0. The molecule has 0 bridgehead atoms. The molecule has 3 N–H and O–H groups in total. The molecule has 2 heteroatoms. The second-order valence-corrected chi connectivity index (χ2v) is 4.82. The number of hydrogen-bond acceptors (Lipinski definition) is 2. The highest BCUT2D eigenvalue weighted by Gasteiger charge is 2.16. The molecule has 18 heavy (non-hydrogen) atoms. The molecule has 94 valence electrons. The molecule has 2 aromatic carbocycles. The Morgan fingerprint density at radius 3 is 2.00 bits per heavy atom. The van der Waals surface area contributed by atoms with Crippen molar-refractivity contribution in [3.63, 3.8) is 0 Å². The van der Waals surface area contributed by atoms with Crippen LogP contribution in [0.4, 0.5) is 0 Å². The molecular formula is C16H20N2. The SMILES string of the molecule is Cc1cc(C)c(C(NN)c2ccccc2)c(C)c1. The minimum absolute atomic E-state index is 0.0480. The predicted molar refractivity (Wildman–Crippen MR) is 76.3 cm³/mol. The molecule has 2 rings (SSSR count). The van der Waals surface area contributed by atoms with E-state index in [1.54, 1.807) is 0 Å². The van der Waals surface area contributed by atoms with Crippen LogP contribution in [-0.2, 0) is 0 Å². The number of hydrazine groups is 1. The molecule has 0 aliphatic carbocycles. The first-order valence-corrected chi connectivity index (χ1v) is 6.22. The predicted octanol–water partition coefficient (Wildman–Crippen LogP) is 3.16. The highest BCUT2D eigenvalue weighted by atomic mass is 15.2.